The Labute approximate surface area is 165 Å². The van der Waals surface area contributed by atoms with Crippen LogP contribution in [0.25, 0.3) is 6.08 Å². The van der Waals surface area contributed by atoms with Crippen molar-refractivity contribution in [3.63, 3.8) is 0 Å². The van der Waals surface area contributed by atoms with E-state index in [-0.39, 0.29) is 23.8 Å². The van der Waals surface area contributed by atoms with Crippen molar-refractivity contribution in [1.29, 1.82) is 0 Å². The molecular formula is C18H19N3O6S. The number of hydrogen-bond donors (Lipinski definition) is 0. The first-order valence-electron chi connectivity index (χ1n) is 8.17. The average Bonchev–Trinajstić information content (AvgIpc) is 3.17. The van der Waals surface area contributed by atoms with Crippen molar-refractivity contribution in [2.75, 3.05) is 27.4 Å². The predicted molar refractivity (Wildman–Crippen MR) is 103 cm³/mol. The summed E-state index contributed by atoms with van der Waals surface area (Å²) in [5, 5.41) is 12.9. The molecule has 0 fully saturated rings. The van der Waals surface area contributed by atoms with E-state index in [1.165, 1.54) is 48.7 Å². The van der Waals surface area contributed by atoms with Gasteiger partial charge >= 0.3 is 5.97 Å². The number of non-ortho nitro benzene ring substituents is 1. The summed E-state index contributed by atoms with van der Waals surface area (Å²) in [7, 11) is 2.81. The fourth-order valence-electron chi connectivity index (χ4n) is 2.19. The minimum absolute atomic E-state index is 0.0182. The second-order valence-corrected chi connectivity index (χ2v) is 6.50. The SMILES string of the molecule is COCCN(Cc1nc(C(=O)OC)cs1)C(=O)/C=C/c1ccc([N+](=O)[O-])cc1. The average molecular weight is 405 g/mol. The quantitative estimate of drug-likeness (QED) is 0.273. The van der Waals surface area contributed by atoms with Crippen LogP contribution >= 0.6 is 11.3 Å². The molecule has 0 atom stereocenters. The number of thiazole rings is 1. The zero-order valence-corrected chi connectivity index (χ0v) is 16.2. The van der Waals surface area contributed by atoms with Gasteiger partial charge in [-0.05, 0) is 23.8 Å². The number of aromatic nitrogens is 1. The molecule has 0 bridgehead atoms. The van der Waals surface area contributed by atoms with Gasteiger partial charge in [0.15, 0.2) is 5.69 Å². The highest BCUT2D eigenvalue weighted by molar-refractivity contribution is 7.09. The van der Waals surface area contributed by atoms with Crippen LogP contribution in [0, 0.1) is 10.1 Å². The molecule has 0 radical (unpaired) electrons. The van der Waals surface area contributed by atoms with E-state index in [0.29, 0.717) is 23.7 Å². The maximum Gasteiger partial charge on any atom is 0.357 e. The van der Waals surface area contributed by atoms with Gasteiger partial charge in [0.05, 0.1) is 25.2 Å². The molecule has 1 amide bonds. The second kappa shape index (κ2) is 10.3. The summed E-state index contributed by atoms with van der Waals surface area (Å²) in [6, 6.07) is 5.86. The molecule has 10 heteroatoms. The third kappa shape index (κ3) is 5.96. The molecule has 0 aliphatic rings. The van der Waals surface area contributed by atoms with Gasteiger partial charge in [-0.25, -0.2) is 9.78 Å². The molecule has 0 saturated heterocycles. The lowest BCUT2D eigenvalue weighted by Gasteiger charge is -2.19. The van der Waals surface area contributed by atoms with Crippen LogP contribution in [0.15, 0.2) is 35.7 Å². The monoisotopic (exact) mass is 405 g/mol. The van der Waals surface area contributed by atoms with E-state index in [1.54, 1.807) is 23.6 Å². The number of nitro benzene ring substituents is 1. The molecule has 0 unspecified atom stereocenters. The van der Waals surface area contributed by atoms with Crippen molar-refractivity contribution in [2.45, 2.75) is 6.54 Å². The standard InChI is InChI=1S/C18H19N3O6S/c1-26-10-9-20(11-16-19-15(12-28-16)18(23)27-2)17(22)8-5-13-3-6-14(7-4-13)21(24)25/h3-8,12H,9-11H2,1-2H3/b8-5+. The fraction of sp³-hybridized carbons (Fsp3) is 0.278. The van der Waals surface area contributed by atoms with Crippen LogP contribution in [-0.2, 0) is 20.8 Å². The van der Waals surface area contributed by atoms with Gasteiger partial charge in [0, 0.05) is 37.2 Å². The number of rotatable bonds is 9. The predicted octanol–water partition coefficient (Wildman–Crippen LogP) is 2.53. The largest absolute Gasteiger partial charge is 0.464 e. The van der Waals surface area contributed by atoms with Crippen molar-refractivity contribution < 1.29 is 24.0 Å². The Morgan fingerprint density at radius 1 is 1.29 bits per heavy atom. The number of nitrogens with zero attached hydrogens (tertiary/aromatic N) is 3. The van der Waals surface area contributed by atoms with Crippen LogP contribution in [-0.4, -0.2) is 54.1 Å². The van der Waals surface area contributed by atoms with E-state index in [2.05, 4.69) is 9.72 Å². The molecule has 9 nitrogen and oxygen atoms in total. The summed E-state index contributed by atoms with van der Waals surface area (Å²) in [6.07, 6.45) is 2.96. The van der Waals surface area contributed by atoms with Gasteiger partial charge < -0.3 is 14.4 Å². The maximum atomic E-state index is 12.6. The Balaban J connectivity index is 2.08. The number of hydrogen-bond acceptors (Lipinski definition) is 8. The van der Waals surface area contributed by atoms with E-state index in [0.717, 1.165) is 0 Å². The molecule has 0 aliphatic heterocycles. The van der Waals surface area contributed by atoms with Crippen LogP contribution < -0.4 is 0 Å². The molecule has 0 N–H and O–H groups in total. The number of benzene rings is 1. The van der Waals surface area contributed by atoms with Crippen molar-refractivity contribution in [1.82, 2.24) is 9.88 Å². The molecule has 0 spiro atoms. The van der Waals surface area contributed by atoms with Gasteiger partial charge in [-0.3, -0.25) is 14.9 Å². The summed E-state index contributed by atoms with van der Waals surface area (Å²) in [4.78, 5) is 40.0. The number of carbonyl (C=O) groups is 2. The zero-order valence-electron chi connectivity index (χ0n) is 15.4. The summed E-state index contributed by atoms with van der Waals surface area (Å²) < 4.78 is 9.68. The van der Waals surface area contributed by atoms with Crippen molar-refractivity contribution >= 4 is 35.0 Å². The van der Waals surface area contributed by atoms with Gasteiger partial charge in [-0.1, -0.05) is 0 Å². The molecule has 1 aromatic heterocycles. The van der Waals surface area contributed by atoms with Crippen LogP contribution in [0.4, 0.5) is 5.69 Å². The summed E-state index contributed by atoms with van der Waals surface area (Å²) in [5.41, 5.74) is 0.839. The first-order chi connectivity index (χ1) is 13.4. The van der Waals surface area contributed by atoms with E-state index in [9.17, 15) is 19.7 Å². The third-order valence-electron chi connectivity index (χ3n) is 3.67. The first-order valence-corrected chi connectivity index (χ1v) is 9.05. The lowest BCUT2D eigenvalue weighted by atomic mass is 10.2. The highest BCUT2D eigenvalue weighted by Crippen LogP contribution is 2.15. The van der Waals surface area contributed by atoms with Crippen molar-refractivity contribution in [3.8, 4) is 0 Å². The summed E-state index contributed by atoms with van der Waals surface area (Å²) in [5.74, 6) is -0.805. The number of carbonyl (C=O) groups excluding carboxylic acids is 2. The van der Waals surface area contributed by atoms with E-state index < -0.39 is 10.9 Å². The molecule has 2 rings (SSSR count). The molecule has 148 valence electrons. The van der Waals surface area contributed by atoms with E-state index >= 15 is 0 Å². The highest BCUT2D eigenvalue weighted by Gasteiger charge is 2.16. The minimum Gasteiger partial charge on any atom is -0.464 e. The van der Waals surface area contributed by atoms with E-state index in [4.69, 9.17) is 4.74 Å². The lowest BCUT2D eigenvalue weighted by molar-refractivity contribution is -0.384. The van der Waals surface area contributed by atoms with Crippen LogP contribution in [0.1, 0.15) is 21.1 Å². The minimum atomic E-state index is -0.532. The Hall–Kier alpha value is -3.11. The Morgan fingerprint density at radius 2 is 2.00 bits per heavy atom. The van der Waals surface area contributed by atoms with Crippen molar-refractivity contribution in [3.05, 3.63) is 62.1 Å². The van der Waals surface area contributed by atoms with Crippen molar-refractivity contribution in [2.24, 2.45) is 0 Å². The molecule has 2 aromatic rings. The Kier molecular flexibility index (Phi) is 7.78. The Morgan fingerprint density at radius 3 is 2.61 bits per heavy atom. The smallest absolute Gasteiger partial charge is 0.357 e. The summed E-state index contributed by atoms with van der Waals surface area (Å²) in [6.45, 7) is 0.897. The first kappa shape index (κ1) is 21.2. The van der Waals surface area contributed by atoms with Crippen LogP contribution in [0.3, 0.4) is 0 Å². The second-order valence-electron chi connectivity index (χ2n) is 5.55. The number of ether oxygens (including phenoxy) is 2. The van der Waals surface area contributed by atoms with Gasteiger partial charge in [0.2, 0.25) is 5.91 Å². The van der Waals surface area contributed by atoms with E-state index in [1.807, 2.05) is 0 Å². The lowest BCUT2D eigenvalue weighted by Crippen LogP contribution is -2.32. The molecule has 1 aromatic carbocycles. The molecular weight excluding hydrogens is 386 g/mol. The third-order valence-corrected chi connectivity index (χ3v) is 4.51. The van der Waals surface area contributed by atoms with Gasteiger partial charge in [0.25, 0.3) is 5.69 Å². The topological polar surface area (TPSA) is 112 Å². The fourth-order valence-corrected chi connectivity index (χ4v) is 2.97. The molecule has 1 heterocycles. The number of amides is 1. The normalized spacial score (nSPS) is 10.8. The zero-order chi connectivity index (χ0) is 20.5. The van der Waals surface area contributed by atoms with Crippen LogP contribution in [0.2, 0.25) is 0 Å². The van der Waals surface area contributed by atoms with Crippen LogP contribution in [0.5, 0.6) is 0 Å². The molecule has 28 heavy (non-hydrogen) atoms. The van der Waals surface area contributed by atoms with Gasteiger partial charge in [-0.15, -0.1) is 11.3 Å². The number of nitro groups is 1. The molecule has 0 aliphatic carbocycles. The molecule has 0 saturated carbocycles. The van der Waals surface area contributed by atoms with Gasteiger partial charge in [-0.2, -0.15) is 0 Å². The number of methoxy groups -OCH3 is 2. The highest BCUT2D eigenvalue weighted by atomic mass is 32.1. The number of esters is 1. The Bertz CT molecular complexity index is 862. The maximum absolute atomic E-state index is 12.6. The summed E-state index contributed by atoms with van der Waals surface area (Å²) >= 11 is 1.26. The van der Waals surface area contributed by atoms with Gasteiger partial charge in [0.1, 0.15) is 5.01 Å².